The van der Waals surface area contributed by atoms with Gasteiger partial charge >= 0.3 is 0 Å². The van der Waals surface area contributed by atoms with Crippen molar-refractivity contribution in [2.45, 2.75) is 32.2 Å². The standard InChI is InChI=1S/C20H21FN6O/c1-2-15-17(21)19(25-11-24-15)26-8-12-7-13(10-26)16-4-3-14(18-22-5-6-23-18)20(28)27(16)9-12/h3-6,11-13H,2,7-10H2,1H3,(H,22,23)/t12-,13+/m0/s1. The molecule has 1 saturated heterocycles. The van der Waals surface area contributed by atoms with Crippen molar-refractivity contribution in [3.05, 3.63) is 58.4 Å². The number of aryl methyl sites for hydroxylation is 1. The average molecular weight is 380 g/mol. The van der Waals surface area contributed by atoms with E-state index in [2.05, 4.69) is 19.9 Å². The Labute approximate surface area is 161 Å². The lowest BCUT2D eigenvalue weighted by Gasteiger charge is -2.43. The second kappa shape index (κ2) is 6.54. The van der Waals surface area contributed by atoms with Crippen molar-refractivity contribution >= 4 is 5.82 Å². The number of fused-ring (bicyclic) bond motifs is 4. The summed E-state index contributed by atoms with van der Waals surface area (Å²) >= 11 is 0. The molecule has 0 aromatic carbocycles. The van der Waals surface area contributed by atoms with Crippen LogP contribution in [0.25, 0.3) is 11.4 Å². The number of aromatic nitrogens is 5. The molecule has 1 fully saturated rings. The molecule has 2 bridgehead atoms. The summed E-state index contributed by atoms with van der Waals surface area (Å²) in [5, 5.41) is 0. The predicted octanol–water partition coefficient (Wildman–Crippen LogP) is 2.35. The van der Waals surface area contributed by atoms with Gasteiger partial charge in [0.25, 0.3) is 5.56 Å². The third-order valence-electron chi connectivity index (χ3n) is 5.84. The Morgan fingerprint density at radius 3 is 2.89 bits per heavy atom. The van der Waals surface area contributed by atoms with E-state index >= 15 is 0 Å². The van der Waals surface area contributed by atoms with Crippen molar-refractivity contribution in [1.82, 2.24) is 24.5 Å². The second-order valence-corrected chi connectivity index (χ2v) is 7.54. The molecule has 2 atom stereocenters. The molecule has 2 aliphatic rings. The summed E-state index contributed by atoms with van der Waals surface area (Å²) in [4.78, 5) is 30.5. The summed E-state index contributed by atoms with van der Waals surface area (Å²) in [5.41, 5.74) is 2.02. The zero-order valence-corrected chi connectivity index (χ0v) is 15.6. The van der Waals surface area contributed by atoms with Gasteiger partial charge in [0.05, 0.1) is 11.3 Å². The van der Waals surface area contributed by atoms with Gasteiger partial charge in [0.2, 0.25) is 0 Å². The first-order valence-electron chi connectivity index (χ1n) is 9.63. The molecule has 0 spiro atoms. The Hall–Kier alpha value is -3.03. The van der Waals surface area contributed by atoms with Crippen LogP contribution in [0.5, 0.6) is 0 Å². The molecule has 2 aliphatic heterocycles. The van der Waals surface area contributed by atoms with Crippen LogP contribution in [-0.4, -0.2) is 37.6 Å². The van der Waals surface area contributed by atoms with Gasteiger partial charge in [-0.3, -0.25) is 4.79 Å². The smallest absolute Gasteiger partial charge is 0.261 e. The van der Waals surface area contributed by atoms with Crippen molar-refractivity contribution in [1.29, 1.82) is 0 Å². The van der Waals surface area contributed by atoms with Gasteiger partial charge in [-0.05, 0) is 30.9 Å². The van der Waals surface area contributed by atoms with Crippen molar-refractivity contribution < 1.29 is 4.39 Å². The highest BCUT2D eigenvalue weighted by Gasteiger charge is 2.36. The molecular weight excluding hydrogens is 359 g/mol. The zero-order valence-electron chi connectivity index (χ0n) is 15.6. The lowest BCUT2D eigenvalue weighted by atomic mass is 9.83. The Balaban J connectivity index is 1.51. The van der Waals surface area contributed by atoms with Crippen LogP contribution < -0.4 is 10.5 Å². The number of nitrogens with one attached hydrogen (secondary N) is 1. The first-order chi connectivity index (χ1) is 13.7. The van der Waals surface area contributed by atoms with Crippen LogP contribution in [0, 0.1) is 11.7 Å². The number of nitrogens with zero attached hydrogens (tertiary/aromatic N) is 5. The molecule has 5 rings (SSSR count). The maximum absolute atomic E-state index is 14.8. The third kappa shape index (κ3) is 2.63. The summed E-state index contributed by atoms with van der Waals surface area (Å²) in [6, 6.07) is 3.85. The van der Waals surface area contributed by atoms with E-state index in [9.17, 15) is 9.18 Å². The van der Waals surface area contributed by atoms with Gasteiger partial charge in [-0.1, -0.05) is 6.92 Å². The van der Waals surface area contributed by atoms with Gasteiger partial charge in [0.1, 0.15) is 12.2 Å². The summed E-state index contributed by atoms with van der Waals surface area (Å²) in [7, 11) is 0. The zero-order chi connectivity index (χ0) is 19.3. The number of halogens is 1. The van der Waals surface area contributed by atoms with Crippen LogP contribution in [0.1, 0.15) is 30.7 Å². The number of rotatable bonds is 3. The van der Waals surface area contributed by atoms with Gasteiger partial charge in [0, 0.05) is 43.6 Å². The molecule has 3 aromatic rings. The van der Waals surface area contributed by atoms with Gasteiger partial charge in [-0.15, -0.1) is 0 Å². The van der Waals surface area contributed by atoms with Gasteiger partial charge in [-0.2, -0.15) is 0 Å². The fourth-order valence-corrected chi connectivity index (χ4v) is 4.57. The summed E-state index contributed by atoms with van der Waals surface area (Å²) in [6.45, 7) is 3.85. The second-order valence-electron chi connectivity index (χ2n) is 7.54. The largest absolute Gasteiger partial charge is 0.353 e. The molecule has 0 amide bonds. The predicted molar refractivity (Wildman–Crippen MR) is 103 cm³/mol. The summed E-state index contributed by atoms with van der Waals surface area (Å²) in [6.07, 6.45) is 6.34. The van der Waals surface area contributed by atoms with Gasteiger partial charge in [-0.25, -0.2) is 19.3 Å². The minimum Gasteiger partial charge on any atom is -0.353 e. The monoisotopic (exact) mass is 380 g/mol. The molecule has 0 unspecified atom stereocenters. The molecule has 5 heterocycles. The van der Waals surface area contributed by atoms with E-state index in [1.807, 2.05) is 28.5 Å². The molecule has 0 aliphatic carbocycles. The first kappa shape index (κ1) is 17.1. The summed E-state index contributed by atoms with van der Waals surface area (Å²) in [5.74, 6) is 1.09. The quantitative estimate of drug-likeness (QED) is 0.755. The lowest BCUT2D eigenvalue weighted by molar-refractivity contribution is 0.279. The summed E-state index contributed by atoms with van der Waals surface area (Å²) < 4.78 is 16.6. The Morgan fingerprint density at radius 2 is 2.11 bits per heavy atom. The number of aromatic amines is 1. The van der Waals surface area contributed by atoms with Crippen molar-refractivity contribution in [2.24, 2.45) is 5.92 Å². The highest BCUT2D eigenvalue weighted by atomic mass is 19.1. The van der Waals surface area contributed by atoms with E-state index in [1.54, 1.807) is 12.4 Å². The van der Waals surface area contributed by atoms with E-state index in [0.29, 0.717) is 49.0 Å². The number of piperidine rings is 1. The molecule has 0 saturated carbocycles. The number of H-pyrrole nitrogens is 1. The number of hydrogen-bond donors (Lipinski definition) is 1. The fraction of sp³-hybridized carbons (Fsp3) is 0.400. The Kier molecular flexibility index (Phi) is 3.99. The van der Waals surface area contributed by atoms with Crippen molar-refractivity contribution in [3.8, 4) is 11.4 Å². The highest BCUT2D eigenvalue weighted by molar-refractivity contribution is 5.54. The molecule has 3 aromatic heterocycles. The minimum atomic E-state index is -0.324. The van der Waals surface area contributed by atoms with E-state index in [0.717, 1.165) is 12.1 Å². The number of imidazole rings is 1. The van der Waals surface area contributed by atoms with Crippen molar-refractivity contribution in [3.63, 3.8) is 0 Å². The number of pyridine rings is 1. The highest BCUT2D eigenvalue weighted by Crippen LogP contribution is 2.37. The third-order valence-corrected chi connectivity index (χ3v) is 5.84. The van der Waals surface area contributed by atoms with Crippen molar-refractivity contribution in [2.75, 3.05) is 18.0 Å². The maximum atomic E-state index is 14.8. The van der Waals surface area contributed by atoms with Crippen LogP contribution in [0.2, 0.25) is 0 Å². The topological polar surface area (TPSA) is 79.7 Å². The number of hydrogen-bond acceptors (Lipinski definition) is 5. The normalized spacial score (nSPS) is 20.9. The number of anilines is 1. The van der Waals surface area contributed by atoms with Crippen LogP contribution >= 0.6 is 0 Å². The molecule has 0 radical (unpaired) electrons. The molecule has 7 nitrogen and oxygen atoms in total. The van der Waals surface area contributed by atoms with Crippen LogP contribution in [0.15, 0.2) is 35.6 Å². The van der Waals surface area contributed by atoms with E-state index in [1.165, 1.54) is 6.33 Å². The molecule has 8 heteroatoms. The molecule has 1 N–H and O–H groups in total. The van der Waals surface area contributed by atoms with Gasteiger partial charge < -0.3 is 14.5 Å². The van der Waals surface area contributed by atoms with E-state index < -0.39 is 0 Å². The fourth-order valence-electron chi connectivity index (χ4n) is 4.57. The Morgan fingerprint density at radius 1 is 1.21 bits per heavy atom. The minimum absolute atomic E-state index is 0.0166. The molecule has 28 heavy (non-hydrogen) atoms. The van der Waals surface area contributed by atoms with Crippen LogP contribution in [-0.2, 0) is 13.0 Å². The van der Waals surface area contributed by atoms with Crippen LogP contribution in [0.3, 0.4) is 0 Å². The van der Waals surface area contributed by atoms with Gasteiger partial charge in [0.15, 0.2) is 11.6 Å². The Bertz CT molecular complexity index is 1080. The first-order valence-corrected chi connectivity index (χ1v) is 9.63. The maximum Gasteiger partial charge on any atom is 0.261 e. The van der Waals surface area contributed by atoms with Crippen LogP contribution in [0.4, 0.5) is 10.2 Å². The van der Waals surface area contributed by atoms with E-state index in [4.69, 9.17) is 0 Å². The SMILES string of the molecule is CCc1ncnc(N2C[C@@H]3C[C@H](C2)c2ccc(-c4ncc[nH]4)c(=O)n2C3)c1F. The molecule has 144 valence electrons. The molecular formula is C20H21FN6O. The average Bonchev–Trinajstić information content (AvgIpc) is 3.23. The lowest BCUT2D eigenvalue weighted by Crippen LogP contribution is -2.48. The van der Waals surface area contributed by atoms with E-state index in [-0.39, 0.29) is 23.2 Å².